The fourth-order valence-electron chi connectivity index (χ4n) is 4.12. The van der Waals surface area contributed by atoms with E-state index in [1.807, 2.05) is 6.07 Å². The lowest BCUT2D eigenvalue weighted by molar-refractivity contribution is 0.476. The predicted molar refractivity (Wildman–Crippen MR) is 121 cm³/mol. The highest BCUT2D eigenvalue weighted by Gasteiger charge is 2.07. The maximum atomic E-state index is 9.60. The van der Waals surface area contributed by atoms with E-state index in [-0.39, 0.29) is 0 Å². The van der Waals surface area contributed by atoms with Crippen molar-refractivity contribution in [3.63, 3.8) is 0 Å². The molecule has 0 aliphatic carbocycles. The van der Waals surface area contributed by atoms with Gasteiger partial charge in [-0.1, -0.05) is 96.8 Å². The largest absolute Gasteiger partial charge is 0.508 e. The first kappa shape index (κ1) is 22.8. The summed E-state index contributed by atoms with van der Waals surface area (Å²) in [5, 5.41) is 9.60. The molecule has 0 saturated heterocycles. The zero-order chi connectivity index (χ0) is 20.0. The molecule has 0 aliphatic rings. The van der Waals surface area contributed by atoms with Crippen molar-refractivity contribution in [2.24, 2.45) is 7.05 Å². The molecular formula is C25H42N2O. The number of aromatic hydroxyl groups is 1. The van der Waals surface area contributed by atoms with Gasteiger partial charge in [0.05, 0.1) is 11.0 Å². The number of unbranched alkanes of at least 4 members (excludes halogenated alkanes) is 14. The third-order valence-corrected chi connectivity index (χ3v) is 5.96. The van der Waals surface area contributed by atoms with Crippen LogP contribution in [0.4, 0.5) is 0 Å². The fourth-order valence-corrected chi connectivity index (χ4v) is 4.12. The number of nitrogens with zero attached hydrogens (tertiary/aromatic N) is 2. The number of phenolic OH excluding ortho intramolecular Hbond substituents is 1. The maximum Gasteiger partial charge on any atom is 0.117 e. The molecular weight excluding hydrogens is 344 g/mol. The summed E-state index contributed by atoms with van der Waals surface area (Å²) >= 11 is 0. The molecule has 1 aromatic carbocycles. The Morgan fingerprint density at radius 1 is 0.750 bits per heavy atom. The summed E-state index contributed by atoms with van der Waals surface area (Å²) in [6.45, 7) is 2.29. The predicted octanol–water partition coefficient (Wildman–Crippen LogP) is 7.69. The van der Waals surface area contributed by atoms with Crippen LogP contribution < -0.4 is 0 Å². The van der Waals surface area contributed by atoms with E-state index in [9.17, 15) is 5.11 Å². The Morgan fingerprint density at radius 2 is 1.25 bits per heavy atom. The Hall–Kier alpha value is -1.51. The van der Waals surface area contributed by atoms with Crippen LogP contribution in [0.5, 0.6) is 5.75 Å². The third kappa shape index (κ3) is 8.24. The SMILES string of the molecule is CCCCCCCCCCCCCCCCCc1nc2cc(O)ccc2n1C. The molecule has 1 aromatic heterocycles. The molecule has 0 spiro atoms. The molecule has 158 valence electrons. The van der Waals surface area contributed by atoms with E-state index in [2.05, 4.69) is 23.5 Å². The molecule has 0 unspecified atom stereocenters. The molecule has 0 radical (unpaired) electrons. The molecule has 0 saturated carbocycles. The summed E-state index contributed by atoms with van der Waals surface area (Å²) in [7, 11) is 2.08. The van der Waals surface area contributed by atoms with Crippen molar-refractivity contribution >= 4 is 11.0 Å². The molecule has 3 heteroatoms. The number of aryl methyl sites for hydroxylation is 2. The van der Waals surface area contributed by atoms with Crippen LogP contribution in [-0.2, 0) is 13.5 Å². The summed E-state index contributed by atoms with van der Waals surface area (Å²) in [4.78, 5) is 4.68. The van der Waals surface area contributed by atoms with Crippen LogP contribution in [0, 0.1) is 0 Å². The second kappa shape index (κ2) is 13.6. The minimum atomic E-state index is 0.295. The summed E-state index contributed by atoms with van der Waals surface area (Å²) in [6.07, 6.45) is 22.0. The number of rotatable bonds is 16. The smallest absolute Gasteiger partial charge is 0.117 e. The number of phenols is 1. The molecule has 0 amide bonds. The van der Waals surface area contributed by atoms with Crippen LogP contribution >= 0.6 is 0 Å². The van der Waals surface area contributed by atoms with Gasteiger partial charge in [-0.15, -0.1) is 0 Å². The second-order valence-electron chi connectivity index (χ2n) is 8.46. The molecule has 1 N–H and O–H groups in total. The molecule has 0 bridgehead atoms. The summed E-state index contributed by atoms with van der Waals surface area (Å²) in [5.74, 6) is 1.43. The number of imidazole rings is 1. The number of hydrogen-bond donors (Lipinski definition) is 1. The van der Waals surface area contributed by atoms with Gasteiger partial charge in [0.25, 0.3) is 0 Å². The highest BCUT2D eigenvalue weighted by Crippen LogP contribution is 2.21. The molecule has 2 rings (SSSR count). The molecule has 0 fully saturated rings. The zero-order valence-electron chi connectivity index (χ0n) is 18.4. The van der Waals surface area contributed by atoms with Crippen LogP contribution in [0.15, 0.2) is 18.2 Å². The quantitative estimate of drug-likeness (QED) is 0.300. The first-order valence-corrected chi connectivity index (χ1v) is 11.9. The van der Waals surface area contributed by atoms with Gasteiger partial charge in [-0.05, 0) is 18.6 Å². The Bertz CT molecular complexity index is 662. The van der Waals surface area contributed by atoms with Gasteiger partial charge in [-0.25, -0.2) is 4.98 Å². The second-order valence-corrected chi connectivity index (χ2v) is 8.46. The molecule has 1 heterocycles. The van der Waals surface area contributed by atoms with Crippen molar-refractivity contribution in [3.8, 4) is 5.75 Å². The van der Waals surface area contributed by atoms with Gasteiger partial charge >= 0.3 is 0 Å². The first-order chi connectivity index (χ1) is 13.7. The molecule has 0 atom stereocenters. The van der Waals surface area contributed by atoms with Crippen molar-refractivity contribution in [1.29, 1.82) is 0 Å². The highest BCUT2D eigenvalue weighted by molar-refractivity contribution is 5.77. The number of benzene rings is 1. The highest BCUT2D eigenvalue weighted by atomic mass is 16.3. The Kier molecular flexibility index (Phi) is 11.1. The van der Waals surface area contributed by atoms with E-state index in [1.54, 1.807) is 12.1 Å². The number of fused-ring (bicyclic) bond motifs is 1. The van der Waals surface area contributed by atoms with Gasteiger partial charge < -0.3 is 9.67 Å². The molecule has 2 aromatic rings. The van der Waals surface area contributed by atoms with E-state index >= 15 is 0 Å². The van der Waals surface area contributed by atoms with Crippen LogP contribution in [-0.4, -0.2) is 14.7 Å². The van der Waals surface area contributed by atoms with Crippen molar-refractivity contribution in [1.82, 2.24) is 9.55 Å². The summed E-state index contributed by atoms with van der Waals surface area (Å²) in [6, 6.07) is 5.44. The average Bonchev–Trinajstić information content (AvgIpc) is 2.99. The van der Waals surface area contributed by atoms with Crippen LogP contribution in [0.1, 0.15) is 109 Å². The van der Waals surface area contributed by atoms with Gasteiger partial charge in [0.2, 0.25) is 0 Å². The lowest BCUT2D eigenvalue weighted by Crippen LogP contribution is -1.97. The van der Waals surface area contributed by atoms with Gasteiger partial charge in [-0.3, -0.25) is 0 Å². The van der Waals surface area contributed by atoms with E-state index in [0.717, 1.165) is 23.3 Å². The minimum Gasteiger partial charge on any atom is -0.508 e. The maximum absolute atomic E-state index is 9.60. The normalized spacial score (nSPS) is 11.5. The van der Waals surface area contributed by atoms with Crippen molar-refractivity contribution in [3.05, 3.63) is 24.0 Å². The first-order valence-electron chi connectivity index (χ1n) is 11.9. The van der Waals surface area contributed by atoms with Gasteiger partial charge in [0.1, 0.15) is 11.6 Å². The van der Waals surface area contributed by atoms with Gasteiger partial charge in [0, 0.05) is 19.5 Å². The Balaban J connectivity index is 1.43. The monoisotopic (exact) mass is 386 g/mol. The molecule has 0 aliphatic heterocycles. The van der Waals surface area contributed by atoms with E-state index < -0.39 is 0 Å². The van der Waals surface area contributed by atoms with Crippen molar-refractivity contribution < 1.29 is 5.11 Å². The van der Waals surface area contributed by atoms with Crippen molar-refractivity contribution in [2.75, 3.05) is 0 Å². The van der Waals surface area contributed by atoms with Gasteiger partial charge in [-0.2, -0.15) is 0 Å². The lowest BCUT2D eigenvalue weighted by Gasteiger charge is -2.04. The van der Waals surface area contributed by atoms with Crippen LogP contribution in [0.25, 0.3) is 11.0 Å². The number of hydrogen-bond acceptors (Lipinski definition) is 2. The Labute approximate surface area is 172 Å². The van der Waals surface area contributed by atoms with E-state index in [0.29, 0.717) is 5.75 Å². The van der Waals surface area contributed by atoms with Crippen LogP contribution in [0.3, 0.4) is 0 Å². The topological polar surface area (TPSA) is 38.1 Å². The Morgan fingerprint density at radius 3 is 1.79 bits per heavy atom. The van der Waals surface area contributed by atoms with Gasteiger partial charge in [0.15, 0.2) is 0 Å². The zero-order valence-corrected chi connectivity index (χ0v) is 18.4. The average molecular weight is 387 g/mol. The minimum absolute atomic E-state index is 0.295. The molecule has 28 heavy (non-hydrogen) atoms. The third-order valence-electron chi connectivity index (χ3n) is 5.96. The number of aromatic nitrogens is 2. The summed E-state index contributed by atoms with van der Waals surface area (Å²) < 4.78 is 2.17. The lowest BCUT2D eigenvalue weighted by atomic mass is 10.0. The van der Waals surface area contributed by atoms with Crippen LogP contribution in [0.2, 0.25) is 0 Å². The van der Waals surface area contributed by atoms with Crippen molar-refractivity contribution in [2.45, 2.75) is 110 Å². The summed E-state index contributed by atoms with van der Waals surface area (Å²) in [5.41, 5.74) is 2.01. The van der Waals surface area contributed by atoms with E-state index in [4.69, 9.17) is 0 Å². The fraction of sp³-hybridized carbons (Fsp3) is 0.720. The molecule has 3 nitrogen and oxygen atoms in total. The standard InChI is InChI=1S/C25H42N2O/c1-3-4-5-6-7-8-9-10-11-12-13-14-15-16-17-18-25-26-23-21-22(28)19-20-24(23)27(25)2/h19-21,28H,3-18H2,1-2H3. The van der Waals surface area contributed by atoms with E-state index in [1.165, 1.54) is 96.3 Å².